The Hall–Kier alpha value is -7.77. The van der Waals surface area contributed by atoms with Crippen LogP contribution in [-0.2, 0) is 0 Å². The van der Waals surface area contributed by atoms with Crippen LogP contribution in [0.3, 0.4) is 0 Å². The topological polar surface area (TPSA) is 74.3 Å². The monoisotopic (exact) mass is 717 g/mol. The number of rotatable bonds is 6. The predicted octanol–water partition coefficient (Wildman–Crippen LogP) is 11.5. The summed E-state index contributed by atoms with van der Waals surface area (Å²) in [6, 6.07) is 62.4. The van der Waals surface area contributed by atoms with Crippen molar-refractivity contribution in [2.75, 3.05) is 0 Å². The molecule has 0 aliphatic heterocycles. The maximum absolute atomic E-state index is 5.21. The molecule has 0 atom stereocenters. The Kier molecular flexibility index (Phi) is 7.35. The lowest BCUT2D eigenvalue weighted by molar-refractivity contribution is 1.06. The number of benzene rings is 7. The Morgan fingerprint density at radius 1 is 0.339 bits per heavy atom. The lowest BCUT2D eigenvalue weighted by atomic mass is 10.1. The highest BCUT2D eigenvalue weighted by atomic mass is 15.1. The second-order valence-corrected chi connectivity index (χ2v) is 13.8. The minimum atomic E-state index is 0.491. The minimum absolute atomic E-state index is 0.491. The highest BCUT2D eigenvalue weighted by molar-refractivity contribution is 6.18. The van der Waals surface area contributed by atoms with Gasteiger partial charge >= 0.3 is 0 Å². The molecule has 11 rings (SSSR count). The molecule has 7 heteroatoms. The van der Waals surface area contributed by atoms with Crippen LogP contribution in [0.2, 0.25) is 0 Å². The molecule has 0 bridgehead atoms. The largest absolute Gasteiger partial charge is 0.315 e. The number of hydrogen-bond donors (Lipinski definition) is 0. The highest BCUT2D eigenvalue weighted by Gasteiger charge is 2.20. The molecule has 0 aliphatic rings. The number of hydrogen-bond acceptors (Lipinski definition) is 5. The average molecular weight is 718 g/mol. The Morgan fingerprint density at radius 2 is 0.911 bits per heavy atom. The summed E-state index contributed by atoms with van der Waals surface area (Å²) in [5.74, 6) is 2.25. The molecule has 7 aromatic carbocycles. The van der Waals surface area contributed by atoms with E-state index in [-0.39, 0.29) is 0 Å². The first kappa shape index (κ1) is 31.7. The van der Waals surface area contributed by atoms with Crippen LogP contribution < -0.4 is 0 Å². The Bertz CT molecular complexity index is 3170. The molecule has 56 heavy (non-hydrogen) atoms. The smallest absolute Gasteiger partial charge is 0.183 e. The van der Waals surface area contributed by atoms with E-state index in [2.05, 4.69) is 112 Å². The van der Waals surface area contributed by atoms with Crippen molar-refractivity contribution in [3.05, 3.63) is 188 Å². The van der Waals surface area contributed by atoms with Crippen molar-refractivity contribution < 1.29 is 0 Å². The van der Waals surface area contributed by atoms with Crippen molar-refractivity contribution >= 4 is 43.6 Å². The van der Waals surface area contributed by atoms with Crippen molar-refractivity contribution in [1.29, 1.82) is 0 Å². The van der Waals surface area contributed by atoms with E-state index >= 15 is 0 Å². The lowest BCUT2D eigenvalue weighted by Crippen LogP contribution is -2.03. The van der Waals surface area contributed by atoms with E-state index in [1.165, 1.54) is 21.7 Å². The van der Waals surface area contributed by atoms with Crippen LogP contribution in [0.1, 0.15) is 0 Å². The van der Waals surface area contributed by atoms with Crippen LogP contribution in [-0.4, -0.2) is 34.1 Å². The van der Waals surface area contributed by atoms with Gasteiger partial charge in [0.05, 0.1) is 22.1 Å². The Morgan fingerprint density at radius 3 is 1.62 bits per heavy atom. The van der Waals surface area contributed by atoms with Crippen LogP contribution in [0.25, 0.3) is 101 Å². The first-order chi connectivity index (χ1) is 27.8. The second-order valence-electron chi connectivity index (χ2n) is 13.8. The first-order valence-corrected chi connectivity index (χ1v) is 18.6. The first-order valence-electron chi connectivity index (χ1n) is 18.6. The molecule has 0 saturated carbocycles. The quantitative estimate of drug-likeness (QED) is 0.171. The molecular weight excluding hydrogens is 687 g/mol. The van der Waals surface area contributed by atoms with Crippen molar-refractivity contribution in [1.82, 2.24) is 34.1 Å². The van der Waals surface area contributed by atoms with Crippen LogP contribution in [0.4, 0.5) is 0 Å². The molecule has 0 unspecified atom stereocenters. The van der Waals surface area contributed by atoms with E-state index in [4.69, 9.17) is 24.9 Å². The van der Waals surface area contributed by atoms with Gasteiger partial charge in [-0.3, -0.25) is 0 Å². The molecule has 262 valence electrons. The molecule has 0 amide bonds. The molecule has 0 spiro atoms. The van der Waals surface area contributed by atoms with E-state index in [0.717, 1.165) is 50.0 Å². The predicted molar refractivity (Wildman–Crippen MR) is 226 cm³/mol. The summed E-state index contributed by atoms with van der Waals surface area (Å²) in [5, 5.41) is 4.47. The third kappa shape index (κ3) is 5.25. The standard InChI is InChI=1S/C49H31N7/c1-4-14-33(15-5-1)47-52-48(34-16-6-2-7-17-34)54-49(53-47)43-40-21-10-12-22-41(40)50-46(51-43)35-24-27-37(28-25-35)56-42-23-13-11-20-38(42)39-29-26-32-30-31-55(44(32)45(39)56)36-18-8-3-9-19-36/h1-31H. The summed E-state index contributed by atoms with van der Waals surface area (Å²) in [4.78, 5) is 25.2. The van der Waals surface area contributed by atoms with E-state index in [9.17, 15) is 0 Å². The molecular formula is C49H31N7. The van der Waals surface area contributed by atoms with Gasteiger partial charge in [-0.2, -0.15) is 0 Å². The molecule has 0 radical (unpaired) electrons. The molecule has 0 saturated heterocycles. The van der Waals surface area contributed by atoms with Crippen molar-refractivity contribution in [3.63, 3.8) is 0 Å². The van der Waals surface area contributed by atoms with Gasteiger partial charge in [-0.15, -0.1) is 0 Å². The summed E-state index contributed by atoms with van der Waals surface area (Å²) in [6.45, 7) is 0. The van der Waals surface area contributed by atoms with E-state index in [1.807, 2.05) is 84.9 Å². The van der Waals surface area contributed by atoms with Gasteiger partial charge in [0.15, 0.2) is 23.3 Å². The SMILES string of the molecule is c1ccc(-c2nc(-c3ccccc3)nc(-c3nc(-c4ccc(-n5c6ccccc6c6ccc7ccn(-c8ccccc8)c7c65)cc4)nc4ccccc34)n2)cc1. The fourth-order valence-electron chi connectivity index (χ4n) is 7.79. The van der Waals surface area contributed by atoms with E-state index in [0.29, 0.717) is 29.0 Å². The molecule has 0 N–H and O–H groups in total. The van der Waals surface area contributed by atoms with Crippen LogP contribution >= 0.6 is 0 Å². The van der Waals surface area contributed by atoms with Gasteiger partial charge in [0.25, 0.3) is 0 Å². The van der Waals surface area contributed by atoms with Crippen molar-refractivity contribution in [2.24, 2.45) is 0 Å². The zero-order chi connectivity index (χ0) is 37.0. The third-order valence-corrected chi connectivity index (χ3v) is 10.4. The number of para-hydroxylation sites is 3. The molecule has 0 aliphatic carbocycles. The summed E-state index contributed by atoms with van der Waals surface area (Å²) in [6.07, 6.45) is 2.16. The zero-order valence-electron chi connectivity index (χ0n) is 30.0. The maximum atomic E-state index is 5.21. The van der Waals surface area contributed by atoms with Gasteiger partial charge in [-0.1, -0.05) is 127 Å². The lowest BCUT2D eigenvalue weighted by Gasteiger charge is -2.13. The van der Waals surface area contributed by atoms with Crippen LogP contribution in [0.5, 0.6) is 0 Å². The van der Waals surface area contributed by atoms with Gasteiger partial charge in [0.2, 0.25) is 0 Å². The summed E-state index contributed by atoms with van der Waals surface area (Å²) < 4.78 is 4.67. The van der Waals surface area contributed by atoms with Gasteiger partial charge in [0, 0.05) is 55.8 Å². The zero-order valence-corrected chi connectivity index (χ0v) is 30.0. The highest BCUT2D eigenvalue weighted by Crippen LogP contribution is 2.38. The second kappa shape index (κ2) is 13.0. The molecule has 4 aromatic heterocycles. The number of aromatic nitrogens is 7. The minimum Gasteiger partial charge on any atom is -0.315 e. The van der Waals surface area contributed by atoms with Crippen molar-refractivity contribution in [3.8, 4) is 57.1 Å². The number of fused-ring (bicyclic) bond motifs is 6. The van der Waals surface area contributed by atoms with Crippen LogP contribution in [0.15, 0.2) is 188 Å². The van der Waals surface area contributed by atoms with E-state index < -0.39 is 0 Å². The van der Waals surface area contributed by atoms with Crippen molar-refractivity contribution in [2.45, 2.75) is 0 Å². The average Bonchev–Trinajstić information content (AvgIpc) is 3.86. The molecule has 7 nitrogen and oxygen atoms in total. The van der Waals surface area contributed by atoms with Gasteiger partial charge in [0.1, 0.15) is 5.69 Å². The third-order valence-electron chi connectivity index (χ3n) is 10.4. The molecule has 0 fully saturated rings. The van der Waals surface area contributed by atoms with Gasteiger partial charge in [-0.05, 0) is 54.6 Å². The van der Waals surface area contributed by atoms with Crippen LogP contribution in [0, 0.1) is 0 Å². The van der Waals surface area contributed by atoms with Gasteiger partial charge in [-0.25, -0.2) is 24.9 Å². The Balaban J connectivity index is 1.08. The molecule has 11 aromatic rings. The summed E-state index contributed by atoms with van der Waals surface area (Å²) in [5.41, 5.74) is 9.80. The number of nitrogens with zero attached hydrogens (tertiary/aromatic N) is 7. The summed E-state index contributed by atoms with van der Waals surface area (Å²) >= 11 is 0. The fraction of sp³-hybridized carbons (Fsp3) is 0. The maximum Gasteiger partial charge on any atom is 0.183 e. The van der Waals surface area contributed by atoms with E-state index in [1.54, 1.807) is 0 Å². The Labute approximate surface area is 321 Å². The van der Waals surface area contributed by atoms with Gasteiger partial charge < -0.3 is 9.13 Å². The normalized spacial score (nSPS) is 11.6. The fourth-order valence-corrected chi connectivity index (χ4v) is 7.79. The molecule has 4 heterocycles. The summed E-state index contributed by atoms with van der Waals surface area (Å²) in [7, 11) is 0.